The molecule has 0 saturated heterocycles. The van der Waals surface area contributed by atoms with E-state index in [0.717, 1.165) is 6.20 Å². The first-order chi connectivity index (χ1) is 6.74. The molecule has 0 fully saturated rings. The van der Waals surface area contributed by atoms with Gasteiger partial charge in [0, 0.05) is 11.0 Å². The summed E-state index contributed by atoms with van der Waals surface area (Å²) >= 11 is 0. The van der Waals surface area contributed by atoms with E-state index in [1.54, 1.807) is 12.1 Å². The molecule has 1 heterocycles. The third-order valence-electron chi connectivity index (χ3n) is 1.94. The summed E-state index contributed by atoms with van der Waals surface area (Å²) in [6, 6.07) is 6.29. The molecule has 0 amide bonds. The van der Waals surface area contributed by atoms with Crippen LogP contribution in [0.4, 0.5) is 0 Å². The van der Waals surface area contributed by atoms with Gasteiger partial charge in [0.1, 0.15) is 11.2 Å². The number of carbonyl (C=O) groups excluding carboxylic acids is 1. The molecule has 0 aliphatic heterocycles. The zero-order chi connectivity index (χ0) is 10.1. The smallest absolute Gasteiger partial charge is 0.286 e. The molecule has 1 aromatic heterocycles. The molecule has 6 nitrogen and oxygen atoms in total. The summed E-state index contributed by atoms with van der Waals surface area (Å²) in [6.07, 6.45) is 1.32. The summed E-state index contributed by atoms with van der Waals surface area (Å²) in [5, 5.41) is 11.4. The van der Waals surface area contributed by atoms with Gasteiger partial charge in [0.2, 0.25) is 0 Å². The molecule has 1 aromatic carbocycles. The fraction of sp³-hybridized carbons (Fsp3) is 0. The molecule has 6 heteroatoms. The van der Waals surface area contributed by atoms with Gasteiger partial charge in [-0.2, -0.15) is 0 Å². The maximum absolute atomic E-state index is 11.4. The Morgan fingerprint density at radius 3 is 2.67 bits per heavy atom. The van der Waals surface area contributed by atoms with Gasteiger partial charge in [0.15, 0.2) is 6.29 Å². The second-order valence-electron chi connectivity index (χ2n) is 2.78. The van der Waals surface area contributed by atoms with Gasteiger partial charge in [-0.05, 0) is 6.07 Å². The number of aldehydes is 1. The summed E-state index contributed by atoms with van der Waals surface area (Å²) in [5.74, 6) is 0. The molecule has 0 aliphatic rings. The number of nitrogens with zero attached hydrogens (tertiary/aromatic N) is 2. The SMILES string of the molecule is O.O=Cc1c[n+](=O)c2ccccc2n1[O-]. The Morgan fingerprint density at radius 2 is 2.00 bits per heavy atom. The standard InChI is InChI=1S/C9H6N2O3.H2O/c12-6-7-5-10(13)8-3-1-2-4-9(8)11(7)14;/h1-6H;1H2. The number of para-hydroxylation sites is 2. The largest absolute Gasteiger partial charge is 0.805 e. The van der Waals surface area contributed by atoms with E-state index in [-0.39, 0.29) is 22.2 Å². The quantitative estimate of drug-likeness (QED) is 0.482. The van der Waals surface area contributed by atoms with E-state index in [1.165, 1.54) is 12.1 Å². The third kappa shape index (κ3) is 1.57. The highest BCUT2D eigenvalue weighted by atomic mass is 16.5. The minimum atomic E-state index is -0.196. The number of aromatic nitrogens is 2. The van der Waals surface area contributed by atoms with Gasteiger partial charge in [0.25, 0.3) is 11.7 Å². The minimum Gasteiger partial charge on any atom is -0.805 e. The molecule has 0 bridgehead atoms. The van der Waals surface area contributed by atoms with Crippen LogP contribution in [0.1, 0.15) is 10.5 Å². The van der Waals surface area contributed by atoms with Crippen LogP contribution in [0.2, 0.25) is 0 Å². The number of carbonyl (C=O) groups is 1. The molecule has 0 aliphatic carbocycles. The zero-order valence-electron chi connectivity index (χ0n) is 7.58. The van der Waals surface area contributed by atoms with E-state index >= 15 is 0 Å². The number of hydrogen-bond donors (Lipinski definition) is 0. The van der Waals surface area contributed by atoms with Crippen molar-refractivity contribution in [3.63, 3.8) is 0 Å². The number of hydrogen-bond acceptors (Lipinski definition) is 3. The van der Waals surface area contributed by atoms with Crippen LogP contribution in [0, 0.1) is 10.1 Å². The molecule has 2 rings (SSSR count). The number of benzene rings is 1. The molecule has 0 spiro atoms. The van der Waals surface area contributed by atoms with Crippen LogP contribution < -0.4 is 4.43 Å². The lowest BCUT2D eigenvalue weighted by Gasteiger charge is -2.12. The summed E-state index contributed by atoms with van der Waals surface area (Å²) in [5.41, 5.74) is 0.235. The van der Waals surface area contributed by atoms with Gasteiger partial charge < -0.3 is 15.4 Å². The Balaban J connectivity index is 0.00000112. The lowest BCUT2D eigenvalue weighted by Crippen LogP contribution is -2.19. The van der Waals surface area contributed by atoms with Crippen molar-refractivity contribution in [2.45, 2.75) is 0 Å². The molecule has 2 aromatic rings. The second-order valence-corrected chi connectivity index (χ2v) is 2.78. The molecule has 2 N–H and O–H groups in total. The highest BCUT2D eigenvalue weighted by Gasteiger charge is 2.09. The van der Waals surface area contributed by atoms with E-state index in [2.05, 4.69) is 0 Å². The Hall–Kier alpha value is -2.21. The van der Waals surface area contributed by atoms with Crippen LogP contribution in [-0.2, 0) is 0 Å². The lowest BCUT2D eigenvalue weighted by molar-refractivity contribution is -0.464. The summed E-state index contributed by atoms with van der Waals surface area (Å²) in [6.45, 7) is 0. The lowest BCUT2D eigenvalue weighted by atomic mass is 10.3. The highest BCUT2D eigenvalue weighted by Crippen LogP contribution is 2.08. The van der Waals surface area contributed by atoms with Crippen molar-refractivity contribution < 1.29 is 14.7 Å². The minimum absolute atomic E-state index is 0. The number of rotatable bonds is 1. The van der Waals surface area contributed by atoms with Gasteiger partial charge in [-0.25, -0.2) is 0 Å². The molecule has 0 atom stereocenters. The summed E-state index contributed by atoms with van der Waals surface area (Å²) in [7, 11) is 0. The van der Waals surface area contributed by atoms with Crippen LogP contribution in [0.15, 0.2) is 30.5 Å². The van der Waals surface area contributed by atoms with Gasteiger partial charge in [-0.15, -0.1) is 0 Å². The normalized spacial score (nSPS) is 9.60. The molecule has 78 valence electrons. The molecule has 15 heavy (non-hydrogen) atoms. The van der Waals surface area contributed by atoms with Crippen molar-refractivity contribution in [1.29, 1.82) is 0 Å². The average Bonchev–Trinajstić information content (AvgIpc) is 2.23. The fourth-order valence-electron chi connectivity index (χ4n) is 1.28. The van der Waals surface area contributed by atoms with Gasteiger partial charge in [0.05, 0.1) is 4.43 Å². The van der Waals surface area contributed by atoms with Crippen molar-refractivity contribution in [1.82, 2.24) is 4.73 Å². The van der Waals surface area contributed by atoms with Crippen LogP contribution in [0.25, 0.3) is 11.0 Å². The first-order valence-corrected chi connectivity index (χ1v) is 3.93. The van der Waals surface area contributed by atoms with Crippen molar-refractivity contribution in [3.05, 3.63) is 46.3 Å². The van der Waals surface area contributed by atoms with Crippen molar-refractivity contribution in [2.75, 3.05) is 0 Å². The Kier molecular flexibility index (Phi) is 2.82. The maximum atomic E-state index is 11.4. The van der Waals surface area contributed by atoms with Crippen LogP contribution in [0.3, 0.4) is 0 Å². The molecular formula is C9H8N2O4. The zero-order valence-corrected chi connectivity index (χ0v) is 7.58. The van der Waals surface area contributed by atoms with Crippen LogP contribution >= 0.6 is 0 Å². The van der Waals surface area contributed by atoms with Crippen molar-refractivity contribution >= 4 is 17.3 Å². The van der Waals surface area contributed by atoms with Crippen molar-refractivity contribution in [3.8, 4) is 0 Å². The second kappa shape index (κ2) is 3.89. The topological polar surface area (TPSA) is 99.5 Å². The van der Waals surface area contributed by atoms with Gasteiger partial charge >= 0.3 is 0 Å². The van der Waals surface area contributed by atoms with E-state index in [9.17, 15) is 14.9 Å². The van der Waals surface area contributed by atoms with Gasteiger partial charge in [-0.1, -0.05) is 12.1 Å². The number of fused-ring (bicyclic) bond motifs is 1. The predicted molar refractivity (Wildman–Crippen MR) is 53.1 cm³/mol. The average molecular weight is 208 g/mol. The van der Waals surface area contributed by atoms with E-state index in [4.69, 9.17) is 0 Å². The first-order valence-electron chi connectivity index (χ1n) is 3.93. The van der Waals surface area contributed by atoms with E-state index < -0.39 is 0 Å². The maximum Gasteiger partial charge on any atom is 0.286 e. The van der Waals surface area contributed by atoms with Crippen LogP contribution in [0.5, 0.6) is 0 Å². The molecule has 0 radical (unpaired) electrons. The van der Waals surface area contributed by atoms with E-state index in [0.29, 0.717) is 15.4 Å². The monoisotopic (exact) mass is 208 g/mol. The third-order valence-corrected chi connectivity index (χ3v) is 1.94. The van der Waals surface area contributed by atoms with Crippen molar-refractivity contribution in [2.24, 2.45) is 0 Å². The first kappa shape index (κ1) is 10.9. The molecule has 0 unspecified atom stereocenters. The van der Waals surface area contributed by atoms with E-state index in [1.807, 2.05) is 0 Å². The Morgan fingerprint density at radius 1 is 1.33 bits per heavy atom. The highest BCUT2D eigenvalue weighted by molar-refractivity contribution is 5.78. The Labute approximate surface area is 83.9 Å². The summed E-state index contributed by atoms with van der Waals surface area (Å²) < 4.78 is 0.949. The summed E-state index contributed by atoms with van der Waals surface area (Å²) in [4.78, 5) is 21.8. The predicted octanol–water partition coefficient (Wildman–Crippen LogP) is -0.111. The van der Waals surface area contributed by atoms with Gasteiger partial charge in [-0.3, -0.25) is 4.79 Å². The molecule has 0 saturated carbocycles. The molecular weight excluding hydrogens is 200 g/mol. The van der Waals surface area contributed by atoms with Crippen LogP contribution in [-0.4, -0.2) is 16.5 Å². The Bertz CT molecular complexity index is 562. The fourth-order valence-corrected chi connectivity index (χ4v) is 1.28.